The first kappa shape index (κ1) is 25.0. The SMILES string of the molecule is CC(=O)Cc1cc(C)c(CCS(=O)(=O)N2CCC3(CC2)N=C(C2CCCCC2)NC3=O)c(C)c1. The van der Waals surface area contributed by atoms with Gasteiger partial charge in [0.1, 0.15) is 17.2 Å². The molecule has 1 aromatic carbocycles. The van der Waals surface area contributed by atoms with E-state index in [0.29, 0.717) is 44.7 Å². The first-order valence-electron chi connectivity index (χ1n) is 12.6. The van der Waals surface area contributed by atoms with E-state index >= 15 is 0 Å². The highest BCUT2D eigenvalue weighted by atomic mass is 32.2. The lowest BCUT2D eigenvalue weighted by Gasteiger charge is -2.34. The molecule has 1 saturated carbocycles. The molecule has 4 rings (SSSR count). The number of nitrogens with one attached hydrogen (secondary N) is 1. The number of amides is 1. The third-order valence-corrected chi connectivity index (χ3v) is 9.62. The zero-order valence-electron chi connectivity index (χ0n) is 20.7. The van der Waals surface area contributed by atoms with Gasteiger partial charge in [-0.25, -0.2) is 12.7 Å². The van der Waals surface area contributed by atoms with Crippen LogP contribution in [0.5, 0.6) is 0 Å². The fraction of sp³-hybridized carbons (Fsp3) is 0.654. The number of benzene rings is 1. The van der Waals surface area contributed by atoms with Crippen LogP contribution in [0, 0.1) is 19.8 Å². The largest absolute Gasteiger partial charge is 0.312 e. The van der Waals surface area contributed by atoms with Crippen molar-refractivity contribution < 1.29 is 18.0 Å². The molecule has 7 nitrogen and oxygen atoms in total. The Morgan fingerprint density at radius 2 is 1.74 bits per heavy atom. The summed E-state index contributed by atoms with van der Waals surface area (Å²) in [5, 5.41) is 3.04. The average Bonchev–Trinajstić information content (AvgIpc) is 3.09. The zero-order chi connectivity index (χ0) is 24.5. The molecule has 1 aromatic rings. The summed E-state index contributed by atoms with van der Waals surface area (Å²) in [5.41, 5.74) is 3.26. The van der Waals surface area contributed by atoms with Crippen LogP contribution >= 0.6 is 0 Å². The zero-order valence-corrected chi connectivity index (χ0v) is 21.5. The van der Waals surface area contributed by atoms with Crippen molar-refractivity contribution in [3.8, 4) is 0 Å². The summed E-state index contributed by atoms with van der Waals surface area (Å²) in [4.78, 5) is 29.1. The van der Waals surface area contributed by atoms with Crippen molar-refractivity contribution in [2.75, 3.05) is 18.8 Å². The van der Waals surface area contributed by atoms with E-state index in [9.17, 15) is 18.0 Å². The standard InChI is InChI=1S/C26H37N3O4S/c1-18-15-21(17-20(3)30)16-19(2)23(18)9-14-34(32,33)29-12-10-26(11-13-29)25(31)27-24(28-26)22-7-5-4-6-8-22/h15-16,22H,4-14,17H2,1-3H3,(H,27,28,31). The van der Waals surface area contributed by atoms with E-state index in [1.165, 1.54) is 23.6 Å². The van der Waals surface area contributed by atoms with Gasteiger partial charge < -0.3 is 5.32 Å². The van der Waals surface area contributed by atoms with Crippen molar-refractivity contribution in [3.63, 3.8) is 0 Å². The maximum atomic E-state index is 13.1. The molecule has 1 amide bonds. The molecule has 0 aromatic heterocycles. The Morgan fingerprint density at radius 1 is 1.12 bits per heavy atom. The van der Waals surface area contributed by atoms with Gasteiger partial charge in [0.25, 0.3) is 5.91 Å². The molecule has 34 heavy (non-hydrogen) atoms. The predicted octanol–water partition coefficient (Wildman–Crippen LogP) is 3.25. The Hall–Kier alpha value is -2.06. The van der Waals surface area contributed by atoms with Gasteiger partial charge in [0.05, 0.1) is 5.75 Å². The van der Waals surface area contributed by atoms with Crippen LogP contribution in [-0.2, 0) is 32.5 Å². The first-order chi connectivity index (χ1) is 16.1. The summed E-state index contributed by atoms with van der Waals surface area (Å²) in [6.45, 7) is 6.18. The molecule has 186 valence electrons. The van der Waals surface area contributed by atoms with Gasteiger partial charge in [0, 0.05) is 25.4 Å². The van der Waals surface area contributed by atoms with E-state index in [1.54, 1.807) is 6.92 Å². The predicted molar refractivity (Wildman–Crippen MR) is 133 cm³/mol. The number of Topliss-reactive ketones (excluding diaryl/α,β-unsaturated/α-hetero) is 1. The Kier molecular flexibility index (Phi) is 7.29. The van der Waals surface area contributed by atoms with Crippen LogP contribution in [0.1, 0.15) is 74.1 Å². The van der Waals surface area contributed by atoms with E-state index in [-0.39, 0.29) is 17.4 Å². The van der Waals surface area contributed by atoms with E-state index in [0.717, 1.165) is 40.9 Å². The number of aryl methyl sites for hydroxylation is 2. The Labute approximate surface area is 203 Å². The minimum absolute atomic E-state index is 0.0382. The van der Waals surface area contributed by atoms with Gasteiger partial charge in [0.15, 0.2) is 0 Å². The highest BCUT2D eigenvalue weighted by molar-refractivity contribution is 7.89. The van der Waals surface area contributed by atoms with Crippen LogP contribution in [0.15, 0.2) is 17.1 Å². The molecule has 2 aliphatic heterocycles. The van der Waals surface area contributed by atoms with Crippen LogP contribution in [0.3, 0.4) is 0 Å². The summed E-state index contributed by atoms with van der Waals surface area (Å²) in [6, 6.07) is 3.98. The summed E-state index contributed by atoms with van der Waals surface area (Å²) >= 11 is 0. The molecule has 3 aliphatic rings. The van der Waals surface area contributed by atoms with E-state index in [4.69, 9.17) is 4.99 Å². The highest BCUT2D eigenvalue weighted by Crippen LogP contribution is 2.35. The van der Waals surface area contributed by atoms with Gasteiger partial charge in [0.2, 0.25) is 10.0 Å². The number of carbonyl (C=O) groups is 2. The fourth-order valence-electron chi connectivity index (χ4n) is 5.81. The second kappa shape index (κ2) is 9.90. The van der Waals surface area contributed by atoms with Crippen LogP contribution in [0.2, 0.25) is 0 Å². The molecule has 1 aliphatic carbocycles. The lowest BCUT2D eigenvalue weighted by Crippen LogP contribution is -2.51. The number of carbonyl (C=O) groups excluding carboxylic acids is 2. The van der Waals surface area contributed by atoms with Crippen molar-refractivity contribution in [2.24, 2.45) is 10.9 Å². The highest BCUT2D eigenvalue weighted by Gasteiger charge is 2.48. The molecule has 0 radical (unpaired) electrons. The molecular weight excluding hydrogens is 450 g/mol. The molecule has 0 bridgehead atoms. The molecule has 1 N–H and O–H groups in total. The van der Waals surface area contributed by atoms with Gasteiger partial charge in [-0.1, -0.05) is 31.4 Å². The number of amidine groups is 1. The van der Waals surface area contributed by atoms with Gasteiger partial charge in [-0.05, 0) is 75.1 Å². The summed E-state index contributed by atoms with van der Waals surface area (Å²) in [7, 11) is -3.44. The summed E-state index contributed by atoms with van der Waals surface area (Å²) in [6.07, 6.45) is 7.46. The number of aliphatic imine (C=N–C) groups is 1. The van der Waals surface area contributed by atoms with Crippen molar-refractivity contribution in [1.29, 1.82) is 0 Å². The molecule has 2 heterocycles. The van der Waals surface area contributed by atoms with Gasteiger partial charge >= 0.3 is 0 Å². The number of hydrogen-bond donors (Lipinski definition) is 1. The number of nitrogens with zero attached hydrogens (tertiary/aromatic N) is 2. The Bertz CT molecular complexity index is 1070. The van der Waals surface area contributed by atoms with E-state index < -0.39 is 15.6 Å². The van der Waals surface area contributed by atoms with Crippen LogP contribution in [0.4, 0.5) is 0 Å². The second-order valence-electron chi connectivity index (χ2n) is 10.4. The third-order valence-electron chi connectivity index (χ3n) is 7.75. The number of sulfonamides is 1. The maximum absolute atomic E-state index is 13.1. The number of ketones is 1. The van der Waals surface area contributed by atoms with Crippen molar-refractivity contribution in [3.05, 3.63) is 34.4 Å². The third kappa shape index (κ3) is 5.28. The molecule has 0 unspecified atom stereocenters. The second-order valence-corrected chi connectivity index (χ2v) is 12.5. The molecule has 1 saturated heterocycles. The van der Waals surface area contributed by atoms with E-state index in [2.05, 4.69) is 5.32 Å². The summed E-state index contributed by atoms with van der Waals surface area (Å²) < 4.78 is 27.8. The monoisotopic (exact) mass is 487 g/mol. The maximum Gasteiger partial charge on any atom is 0.253 e. The minimum Gasteiger partial charge on any atom is -0.312 e. The topological polar surface area (TPSA) is 95.9 Å². The van der Waals surface area contributed by atoms with E-state index in [1.807, 2.05) is 26.0 Å². The van der Waals surface area contributed by atoms with Crippen LogP contribution in [0.25, 0.3) is 0 Å². The molecule has 8 heteroatoms. The van der Waals surface area contributed by atoms with Crippen LogP contribution in [-0.4, -0.2) is 54.6 Å². The Morgan fingerprint density at radius 3 is 2.32 bits per heavy atom. The fourth-order valence-corrected chi connectivity index (χ4v) is 7.27. The smallest absolute Gasteiger partial charge is 0.253 e. The number of rotatable bonds is 7. The van der Waals surface area contributed by atoms with Gasteiger partial charge in [-0.3, -0.25) is 14.6 Å². The molecular formula is C26H37N3O4S. The average molecular weight is 488 g/mol. The van der Waals surface area contributed by atoms with Gasteiger partial charge in [-0.2, -0.15) is 0 Å². The molecule has 2 fully saturated rings. The lowest BCUT2D eigenvalue weighted by atomic mass is 9.88. The first-order valence-corrected chi connectivity index (χ1v) is 14.2. The van der Waals surface area contributed by atoms with Crippen molar-refractivity contribution in [1.82, 2.24) is 9.62 Å². The van der Waals surface area contributed by atoms with Crippen molar-refractivity contribution >= 4 is 27.5 Å². The van der Waals surface area contributed by atoms with Crippen LogP contribution < -0.4 is 5.32 Å². The minimum atomic E-state index is -3.44. The Balaban J connectivity index is 1.38. The van der Waals surface area contributed by atoms with Crippen molar-refractivity contribution in [2.45, 2.75) is 84.1 Å². The molecule has 1 spiro atoms. The number of hydrogen-bond acceptors (Lipinski definition) is 5. The number of piperidine rings is 1. The lowest BCUT2D eigenvalue weighted by molar-refractivity contribution is -0.125. The molecule has 0 atom stereocenters. The summed E-state index contributed by atoms with van der Waals surface area (Å²) in [5.74, 6) is 1.27. The quantitative estimate of drug-likeness (QED) is 0.639. The van der Waals surface area contributed by atoms with Gasteiger partial charge in [-0.15, -0.1) is 0 Å². The normalized spacial score (nSPS) is 21.5.